The molecule has 0 N–H and O–H groups in total. The summed E-state index contributed by atoms with van der Waals surface area (Å²) in [5.41, 5.74) is 4.27. The molecule has 0 fully saturated rings. The first-order chi connectivity index (χ1) is 10.1. The van der Waals surface area contributed by atoms with Crippen molar-refractivity contribution in [2.75, 3.05) is 7.11 Å². The minimum Gasteiger partial charge on any atom is -0.497 e. The number of ether oxygens (including phenoxy) is 1. The van der Waals surface area contributed by atoms with Gasteiger partial charge in [0.25, 0.3) is 0 Å². The minimum atomic E-state index is 0.833. The molecule has 0 radical (unpaired) electrons. The van der Waals surface area contributed by atoms with Gasteiger partial charge in [0.2, 0.25) is 0 Å². The number of hydrogen-bond acceptors (Lipinski definition) is 1. The highest BCUT2D eigenvalue weighted by Gasteiger charge is 1.94. The molecule has 0 spiro atoms. The van der Waals surface area contributed by atoms with Crippen LogP contribution in [0.4, 0.5) is 0 Å². The van der Waals surface area contributed by atoms with Crippen molar-refractivity contribution in [2.24, 2.45) is 0 Å². The lowest BCUT2D eigenvalue weighted by molar-refractivity contribution is 0.415. The Balaban J connectivity index is 3.04. The summed E-state index contributed by atoms with van der Waals surface area (Å²) >= 11 is 0. The highest BCUT2D eigenvalue weighted by Crippen LogP contribution is 2.12. The Morgan fingerprint density at radius 3 is 2.33 bits per heavy atom. The van der Waals surface area contributed by atoms with Gasteiger partial charge in [-0.1, -0.05) is 42.2 Å². The summed E-state index contributed by atoms with van der Waals surface area (Å²) in [5.74, 6) is 7.13. The van der Waals surface area contributed by atoms with Crippen LogP contribution in [0.25, 0.3) is 0 Å². The fourth-order valence-corrected chi connectivity index (χ4v) is 1.67. The van der Waals surface area contributed by atoms with Crippen molar-refractivity contribution in [3.63, 3.8) is 0 Å². The van der Waals surface area contributed by atoms with Crippen molar-refractivity contribution in [1.29, 1.82) is 0 Å². The molecule has 1 aromatic rings. The minimum absolute atomic E-state index is 0.833. The second-order valence-electron chi connectivity index (χ2n) is 4.74. The molecule has 1 rings (SSSR count). The molecule has 0 aliphatic heterocycles. The second-order valence-corrected chi connectivity index (χ2v) is 4.74. The molecule has 0 bridgehead atoms. The Bertz CT molecular complexity index is 625. The second kappa shape index (κ2) is 8.66. The Hall–Kier alpha value is -2.46. The van der Waals surface area contributed by atoms with Crippen LogP contribution in [-0.2, 0) is 0 Å². The SMILES string of the molecule is C=C/C(C#Cc1ccc(OC)cc1)=C\C(/C=C\C)=C(C)C. The molecule has 1 aromatic carbocycles. The van der Waals surface area contributed by atoms with Crippen LogP contribution in [0.5, 0.6) is 5.75 Å². The van der Waals surface area contributed by atoms with Crippen molar-refractivity contribution < 1.29 is 4.74 Å². The quantitative estimate of drug-likeness (QED) is 0.552. The summed E-state index contributed by atoms with van der Waals surface area (Å²) < 4.78 is 5.13. The Morgan fingerprint density at radius 2 is 1.86 bits per heavy atom. The Morgan fingerprint density at radius 1 is 1.19 bits per heavy atom. The van der Waals surface area contributed by atoms with Crippen molar-refractivity contribution in [3.05, 3.63) is 77.4 Å². The third-order valence-corrected chi connectivity index (χ3v) is 2.90. The summed E-state index contributed by atoms with van der Waals surface area (Å²) in [6.07, 6.45) is 7.94. The fourth-order valence-electron chi connectivity index (χ4n) is 1.67. The predicted octanol–water partition coefficient (Wildman–Crippen LogP) is 5.07. The van der Waals surface area contributed by atoms with Crippen LogP contribution < -0.4 is 4.74 Å². The van der Waals surface area contributed by atoms with E-state index in [1.54, 1.807) is 13.2 Å². The van der Waals surface area contributed by atoms with Gasteiger partial charge in [-0.05, 0) is 56.7 Å². The van der Waals surface area contributed by atoms with E-state index in [4.69, 9.17) is 4.74 Å². The topological polar surface area (TPSA) is 9.23 Å². The maximum atomic E-state index is 5.13. The highest BCUT2D eigenvalue weighted by atomic mass is 16.5. The molecule has 21 heavy (non-hydrogen) atoms. The van der Waals surface area contributed by atoms with Gasteiger partial charge in [-0.3, -0.25) is 0 Å². The summed E-state index contributed by atoms with van der Waals surface area (Å²) in [7, 11) is 1.65. The monoisotopic (exact) mass is 278 g/mol. The molecule has 0 atom stereocenters. The molecule has 0 unspecified atom stereocenters. The summed E-state index contributed by atoms with van der Waals surface area (Å²) in [6, 6.07) is 7.70. The number of allylic oxidation sites excluding steroid dienone is 7. The number of hydrogen-bond donors (Lipinski definition) is 0. The van der Waals surface area contributed by atoms with Crippen LogP contribution in [-0.4, -0.2) is 7.11 Å². The molecule has 0 aliphatic rings. The van der Waals surface area contributed by atoms with Crippen molar-refractivity contribution in [2.45, 2.75) is 20.8 Å². The third kappa shape index (κ3) is 5.58. The van der Waals surface area contributed by atoms with Gasteiger partial charge >= 0.3 is 0 Å². The van der Waals surface area contributed by atoms with E-state index in [0.717, 1.165) is 22.5 Å². The standard InChI is InChI=1S/C20H22O/c1-6-8-19(16(3)4)15-17(7-2)9-10-18-11-13-20(21-5)14-12-18/h6-8,11-15H,2H2,1,3-5H3/b8-6-,17-15+. The number of methoxy groups -OCH3 is 1. The molecule has 0 aliphatic carbocycles. The summed E-state index contributed by atoms with van der Waals surface area (Å²) in [6.45, 7) is 10.0. The van der Waals surface area contributed by atoms with Crippen LogP contribution in [0.2, 0.25) is 0 Å². The molecule has 0 aromatic heterocycles. The molecular formula is C20H22O. The van der Waals surface area contributed by atoms with Crippen LogP contribution in [0.3, 0.4) is 0 Å². The van der Waals surface area contributed by atoms with Gasteiger partial charge in [-0.15, -0.1) is 0 Å². The average Bonchev–Trinajstić information content (AvgIpc) is 2.50. The number of rotatable bonds is 4. The molecule has 0 saturated heterocycles. The van der Waals surface area contributed by atoms with E-state index < -0.39 is 0 Å². The zero-order valence-corrected chi connectivity index (χ0v) is 13.2. The maximum absolute atomic E-state index is 5.13. The Labute approximate surface area is 128 Å². The van der Waals surface area contributed by atoms with Gasteiger partial charge in [0, 0.05) is 11.1 Å². The van der Waals surface area contributed by atoms with E-state index in [2.05, 4.69) is 44.4 Å². The van der Waals surface area contributed by atoms with Crippen LogP contribution in [0, 0.1) is 11.8 Å². The molecule has 1 heteroatoms. The van der Waals surface area contributed by atoms with E-state index in [-0.39, 0.29) is 0 Å². The predicted molar refractivity (Wildman–Crippen MR) is 91.3 cm³/mol. The smallest absolute Gasteiger partial charge is 0.118 e. The van der Waals surface area contributed by atoms with Gasteiger partial charge in [-0.2, -0.15) is 0 Å². The molecule has 0 heterocycles. The third-order valence-electron chi connectivity index (χ3n) is 2.90. The lowest BCUT2D eigenvalue weighted by Crippen LogP contribution is -1.83. The van der Waals surface area contributed by atoms with E-state index in [1.165, 1.54) is 5.57 Å². The van der Waals surface area contributed by atoms with Gasteiger partial charge in [0.05, 0.1) is 7.11 Å². The van der Waals surface area contributed by atoms with E-state index in [1.807, 2.05) is 37.3 Å². The van der Waals surface area contributed by atoms with Crippen LogP contribution >= 0.6 is 0 Å². The average molecular weight is 278 g/mol. The summed E-state index contributed by atoms with van der Waals surface area (Å²) in [4.78, 5) is 0. The van der Waals surface area contributed by atoms with E-state index >= 15 is 0 Å². The molecule has 108 valence electrons. The largest absolute Gasteiger partial charge is 0.497 e. The van der Waals surface area contributed by atoms with Gasteiger partial charge < -0.3 is 4.74 Å². The normalized spacial score (nSPS) is 10.8. The lowest BCUT2D eigenvalue weighted by Gasteiger charge is -1.99. The zero-order chi connectivity index (χ0) is 15.7. The van der Waals surface area contributed by atoms with Crippen LogP contribution in [0.15, 0.2) is 71.9 Å². The van der Waals surface area contributed by atoms with Gasteiger partial charge in [0.1, 0.15) is 5.75 Å². The number of benzene rings is 1. The van der Waals surface area contributed by atoms with E-state index in [9.17, 15) is 0 Å². The maximum Gasteiger partial charge on any atom is 0.118 e. The van der Waals surface area contributed by atoms with Gasteiger partial charge in [-0.25, -0.2) is 0 Å². The summed E-state index contributed by atoms with van der Waals surface area (Å²) in [5, 5.41) is 0. The van der Waals surface area contributed by atoms with Crippen molar-refractivity contribution in [1.82, 2.24) is 0 Å². The first-order valence-corrected chi connectivity index (χ1v) is 6.91. The molecule has 0 amide bonds. The van der Waals surface area contributed by atoms with Gasteiger partial charge in [0.15, 0.2) is 0 Å². The fraction of sp³-hybridized carbons (Fsp3) is 0.200. The molecular weight excluding hydrogens is 256 g/mol. The molecule has 0 saturated carbocycles. The lowest BCUT2D eigenvalue weighted by atomic mass is 10.1. The Kier molecular flexibility index (Phi) is 6.84. The van der Waals surface area contributed by atoms with Crippen molar-refractivity contribution >= 4 is 0 Å². The van der Waals surface area contributed by atoms with Crippen LogP contribution in [0.1, 0.15) is 26.3 Å². The zero-order valence-electron chi connectivity index (χ0n) is 13.2. The van der Waals surface area contributed by atoms with E-state index in [0.29, 0.717) is 0 Å². The highest BCUT2D eigenvalue weighted by molar-refractivity contribution is 5.50. The molecule has 1 nitrogen and oxygen atoms in total. The first kappa shape index (κ1) is 16.6. The first-order valence-electron chi connectivity index (χ1n) is 6.91. The van der Waals surface area contributed by atoms with Crippen molar-refractivity contribution in [3.8, 4) is 17.6 Å².